The lowest BCUT2D eigenvalue weighted by Crippen LogP contribution is -2.41. The van der Waals surface area contributed by atoms with E-state index in [0.717, 1.165) is 16.2 Å². The van der Waals surface area contributed by atoms with E-state index in [-0.39, 0.29) is 15.7 Å². The Balaban J connectivity index is 1.83. The number of ether oxygens (including phenoxy) is 2. The van der Waals surface area contributed by atoms with Crippen LogP contribution in [0.4, 0.5) is 5.69 Å². The van der Waals surface area contributed by atoms with Gasteiger partial charge in [0.25, 0.3) is 11.5 Å². The number of aromatic nitrogens is 1. The van der Waals surface area contributed by atoms with Crippen LogP contribution in [0.5, 0.6) is 5.75 Å². The monoisotopic (exact) mass is 503 g/mol. The SMILES string of the molecule is COC(=O)C1=C(C)N=c2s/c(=C3/C(=O)N(C(C)=O)c4ccccc43)c(=O)n2[C@H]1c1ccc(OC)cc1. The summed E-state index contributed by atoms with van der Waals surface area (Å²) in [4.78, 5) is 58.3. The van der Waals surface area contributed by atoms with Gasteiger partial charge >= 0.3 is 5.97 Å². The second-order valence-corrected chi connectivity index (χ2v) is 9.20. The number of esters is 1. The van der Waals surface area contributed by atoms with Crippen molar-refractivity contribution in [3.8, 4) is 5.75 Å². The number of para-hydroxylation sites is 1. The number of fused-ring (bicyclic) bond motifs is 2. The number of imide groups is 1. The van der Waals surface area contributed by atoms with E-state index >= 15 is 0 Å². The van der Waals surface area contributed by atoms with Crippen LogP contribution in [-0.2, 0) is 19.1 Å². The van der Waals surface area contributed by atoms with Gasteiger partial charge in [-0.15, -0.1) is 0 Å². The van der Waals surface area contributed by atoms with Crippen molar-refractivity contribution in [1.29, 1.82) is 0 Å². The number of benzene rings is 2. The topological polar surface area (TPSA) is 107 Å². The maximum Gasteiger partial charge on any atom is 0.338 e. The van der Waals surface area contributed by atoms with Gasteiger partial charge in [0.1, 0.15) is 10.3 Å². The van der Waals surface area contributed by atoms with Crippen LogP contribution in [0.15, 0.2) is 69.6 Å². The van der Waals surface area contributed by atoms with Crippen molar-refractivity contribution in [2.45, 2.75) is 19.9 Å². The molecular weight excluding hydrogens is 482 g/mol. The lowest BCUT2D eigenvalue weighted by Gasteiger charge is -2.24. The summed E-state index contributed by atoms with van der Waals surface area (Å²) in [5, 5.41) is 0. The normalized spacial score (nSPS) is 17.9. The van der Waals surface area contributed by atoms with Crippen molar-refractivity contribution in [3.05, 3.63) is 90.6 Å². The minimum Gasteiger partial charge on any atom is -0.497 e. The molecule has 0 fully saturated rings. The highest BCUT2D eigenvalue weighted by Gasteiger charge is 2.38. The third-order valence-electron chi connectivity index (χ3n) is 6.21. The van der Waals surface area contributed by atoms with E-state index in [0.29, 0.717) is 33.1 Å². The maximum atomic E-state index is 13.9. The van der Waals surface area contributed by atoms with Gasteiger partial charge < -0.3 is 9.47 Å². The lowest BCUT2D eigenvalue weighted by molar-refractivity contribution is -0.136. The molecule has 0 radical (unpaired) electrons. The lowest BCUT2D eigenvalue weighted by atomic mass is 9.96. The third-order valence-corrected chi connectivity index (χ3v) is 7.26. The number of nitrogens with zero attached hydrogens (tertiary/aromatic N) is 3. The van der Waals surface area contributed by atoms with E-state index in [1.165, 1.54) is 18.6 Å². The van der Waals surface area contributed by atoms with E-state index in [4.69, 9.17) is 9.47 Å². The molecule has 0 N–H and O–H groups in total. The number of carbonyl (C=O) groups is 3. The van der Waals surface area contributed by atoms with Gasteiger partial charge in [-0.1, -0.05) is 41.7 Å². The molecule has 1 atom stereocenters. The zero-order valence-corrected chi connectivity index (χ0v) is 20.7. The van der Waals surface area contributed by atoms with Gasteiger partial charge in [0, 0.05) is 12.5 Å². The van der Waals surface area contributed by atoms with Gasteiger partial charge in [0.05, 0.1) is 42.8 Å². The Labute approximate surface area is 209 Å². The van der Waals surface area contributed by atoms with E-state index < -0.39 is 29.4 Å². The van der Waals surface area contributed by atoms with Crippen LogP contribution >= 0.6 is 11.3 Å². The third kappa shape index (κ3) is 3.41. The van der Waals surface area contributed by atoms with Gasteiger partial charge in [-0.05, 0) is 30.7 Å². The smallest absolute Gasteiger partial charge is 0.338 e. The number of thiazole rings is 1. The standard InChI is InChI=1S/C26H21N3O6S/c1-13-19(25(33)35-4)21(15-9-11-16(34-3)12-10-15)29-24(32)22(36-26(29)27-13)20-17-7-5-6-8-18(17)28(14(2)30)23(20)31/h5-12,21H,1-4H3/b22-20+/t21-/m0/s1. The summed E-state index contributed by atoms with van der Waals surface area (Å²) in [6.07, 6.45) is 0. The van der Waals surface area contributed by atoms with Crippen LogP contribution in [0.2, 0.25) is 0 Å². The molecule has 1 aromatic heterocycles. The minimum absolute atomic E-state index is 0.138. The van der Waals surface area contributed by atoms with Gasteiger partial charge in [-0.25, -0.2) is 14.7 Å². The summed E-state index contributed by atoms with van der Waals surface area (Å²) >= 11 is 1.05. The first-order chi connectivity index (χ1) is 17.3. The van der Waals surface area contributed by atoms with Crippen molar-refractivity contribution >= 4 is 40.4 Å². The molecule has 0 aliphatic carbocycles. The Morgan fingerprint density at radius 2 is 1.72 bits per heavy atom. The number of hydrogen-bond donors (Lipinski definition) is 0. The molecule has 0 unspecified atom stereocenters. The van der Waals surface area contributed by atoms with Crippen LogP contribution < -0.4 is 24.5 Å². The predicted octanol–water partition coefficient (Wildman–Crippen LogP) is 1.68. The Morgan fingerprint density at radius 1 is 1.03 bits per heavy atom. The molecule has 182 valence electrons. The Bertz CT molecular complexity index is 1660. The van der Waals surface area contributed by atoms with Crippen molar-refractivity contribution in [2.75, 3.05) is 19.1 Å². The molecular formula is C26H21N3O6S. The first-order valence-electron chi connectivity index (χ1n) is 11.0. The molecule has 2 aromatic carbocycles. The van der Waals surface area contributed by atoms with Gasteiger partial charge in [0.15, 0.2) is 4.80 Å². The molecule has 10 heteroatoms. The fourth-order valence-electron chi connectivity index (χ4n) is 4.59. The first-order valence-corrected chi connectivity index (χ1v) is 11.8. The highest BCUT2D eigenvalue weighted by atomic mass is 32.1. The van der Waals surface area contributed by atoms with E-state index in [2.05, 4.69) is 4.99 Å². The van der Waals surface area contributed by atoms with Crippen LogP contribution in [0.3, 0.4) is 0 Å². The molecule has 3 aromatic rings. The van der Waals surface area contributed by atoms with Gasteiger partial charge in [0.2, 0.25) is 5.91 Å². The van der Waals surface area contributed by atoms with Crippen molar-refractivity contribution < 1.29 is 23.9 Å². The van der Waals surface area contributed by atoms with Crippen molar-refractivity contribution in [3.63, 3.8) is 0 Å². The highest BCUT2D eigenvalue weighted by molar-refractivity contribution is 7.07. The maximum absolute atomic E-state index is 13.9. The quantitative estimate of drug-likeness (QED) is 0.504. The van der Waals surface area contributed by atoms with Crippen LogP contribution in [0.1, 0.15) is 31.0 Å². The summed E-state index contributed by atoms with van der Waals surface area (Å²) < 4.78 is 11.8. The van der Waals surface area contributed by atoms with Crippen molar-refractivity contribution in [2.24, 2.45) is 4.99 Å². The Hall–Kier alpha value is -4.31. The number of amides is 2. The number of methoxy groups -OCH3 is 2. The molecule has 3 heterocycles. The molecule has 0 saturated heterocycles. The molecule has 2 aliphatic rings. The number of allylic oxidation sites excluding steroid dienone is 1. The van der Waals surface area contributed by atoms with Gasteiger partial charge in [-0.3, -0.25) is 19.0 Å². The van der Waals surface area contributed by atoms with Crippen LogP contribution in [-0.4, -0.2) is 36.6 Å². The molecule has 0 bridgehead atoms. The number of hydrogen-bond acceptors (Lipinski definition) is 8. The summed E-state index contributed by atoms with van der Waals surface area (Å²) in [5.74, 6) is -1.01. The molecule has 0 spiro atoms. The average Bonchev–Trinajstić information content (AvgIpc) is 3.35. The number of carbonyl (C=O) groups excluding carboxylic acids is 3. The molecule has 2 amide bonds. The number of anilines is 1. The minimum atomic E-state index is -0.829. The highest BCUT2D eigenvalue weighted by Crippen LogP contribution is 2.36. The molecule has 0 saturated carbocycles. The van der Waals surface area contributed by atoms with Crippen LogP contribution in [0.25, 0.3) is 5.57 Å². The molecule has 2 aliphatic heterocycles. The first kappa shape index (κ1) is 23.4. The van der Waals surface area contributed by atoms with Crippen molar-refractivity contribution in [1.82, 2.24) is 4.57 Å². The summed E-state index contributed by atoms with van der Waals surface area (Å²) in [6, 6.07) is 13.0. The average molecular weight is 504 g/mol. The van der Waals surface area contributed by atoms with Crippen LogP contribution in [0, 0.1) is 0 Å². The van der Waals surface area contributed by atoms with E-state index in [1.54, 1.807) is 62.6 Å². The summed E-state index contributed by atoms with van der Waals surface area (Å²) in [7, 11) is 2.82. The molecule has 5 rings (SSSR count). The Kier molecular flexibility index (Phi) is 5.68. The Morgan fingerprint density at radius 3 is 2.36 bits per heavy atom. The summed E-state index contributed by atoms with van der Waals surface area (Å²) in [5.41, 5.74) is 1.84. The van der Waals surface area contributed by atoms with E-state index in [1.807, 2.05) is 0 Å². The second-order valence-electron chi connectivity index (χ2n) is 8.22. The largest absolute Gasteiger partial charge is 0.497 e. The summed E-state index contributed by atoms with van der Waals surface area (Å²) in [6.45, 7) is 2.98. The zero-order chi connectivity index (χ0) is 25.7. The van der Waals surface area contributed by atoms with Gasteiger partial charge in [-0.2, -0.15) is 0 Å². The number of rotatable bonds is 3. The van der Waals surface area contributed by atoms with E-state index in [9.17, 15) is 19.2 Å². The zero-order valence-electron chi connectivity index (χ0n) is 19.9. The fraction of sp³-hybridized carbons (Fsp3) is 0.192. The second kappa shape index (κ2) is 8.72. The molecule has 9 nitrogen and oxygen atoms in total. The molecule has 36 heavy (non-hydrogen) atoms. The predicted molar refractivity (Wildman–Crippen MR) is 132 cm³/mol. The fourth-order valence-corrected chi connectivity index (χ4v) is 5.73.